The highest BCUT2D eigenvalue weighted by Crippen LogP contribution is 2.44. The number of ether oxygens (including phenoxy) is 1. The molecule has 7 heteroatoms. The van der Waals surface area contributed by atoms with Gasteiger partial charge in [0.1, 0.15) is 11.9 Å². The van der Waals surface area contributed by atoms with Gasteiger partial charge in [0.25, 0.3) is 10.1 Å². The summed E-state index contributed by atoms with van der Waals surface area (Å²) in [5, 5.41) is 0.880. The maximum Gasteiger partial charge on any atom is 0.265 e. The standard InChI is InChI=1S/C21H28N2O4S/c1-4-14-13-23-10-8-15(14)11-20(23)21(27-28(3,24)25)17-7-9-22-19-6-5-16(26-2)12-18(17)19/h5-7,9,12,14-15,20-21H,4,8,10-11,13H2,1-3H3/t14-,15-,20-,21+/m0/s1. The van der Waals surface area contributed by atoms with Gasteiger partial charge in [-0.05, 0) is 61.1 Å². The lowest BCUT2D eigenvalue weighted by molar-refractivity contribution is -0.0465. The van der Waals surface area contributed by atoms with Crippen molar-refractivity contribution in [2.24, 2.45) is 11.8 Å². The predicted octanol–water partition coefficient (Wildman–Crippen LogP) is 3.38. The second-order valence-electron chi connectivity index (χ2n) is 8.02. The number of aromatic nitrogens is 1. The van der Waals surface area contributed by atoms with Crippen LogP contribution < -0.4 is 4.74 Å². The molecule has 2 bridgehead atoms. The van der Waals surface area contributed by atoms with Crippen molar-refractivity contribution in [2.45, 2.75) is 38.3 Å². The lowest BCUT2D eigenvalue weighted by atomic mass is 9.72. The van der Waals surface area contributed by atoms with Gasteiger partial charge in [-0.25, -0.2) is 0 Å². The van der Waals surface area contributed by atoms with Gasteiger partial charge in [0.05, 0.1) is 18.9 Å². The van der Waals surface area contributed by atoms with Crippen LogP contribution in [0.2, 0.25) is 0 Å². The molecule has 1 unspecified atom stereocenters. The molecule has 3 saturated heterocycles. The fourth-order valence-electron chi connectivity index (χ4n) is 4.99. The Labute approximate surface area is 167 Å². The van der Waals surface area contributed by atoms with E-state index in [2.05, 4.69) is 16.8 Å². The minimum atomic E-state index is -3.62. The van der Waals surface area contributed by atoms with Gasteiger partial charge in [0.2, 0.25) is 0 Å². The number of rotatable bonds is 6. The van der Waals surface area contributed by atoms with Crippen LogP contribution in [0.3, 0.4) is 0 Å². The molecular formula is C21H28N2O4S. The summed E-state index contributed by atoms with van der Waals surface area (Å²) in [6, 6.07) is 7.62. The van der Waals surface area contributed by atoms with Gasteiger partial charge in [0, 0.05) is 24.2 Å². The normalized spacial score (nSPS) is 28.4. The zero-order valence-corrected chi connectivity index (χ0v) is 17.5. The SMILES string of the molecule is CC[C@H]1CN2CC[C@H]1C[C@H]2[C@H](OS(C)(=O)=O)c1ccnc2ccc(OC)cc12. The molecule has 4 heterocycles. The second-order valence-corrected chi connectivity index (χ2v) is 9.62. The van der Waals surface area contributed by atoms with Crippen LogP contribution >= 0.6 is 0 Å². The molecule has 0 amide bonds. The van der Waals surface area contributed by atoms with Crippen molar-refractivity contribution in [2.75, 3.05) is 26.5 Å². The Morgan fingerprint density at radius 1 is 1.32 bits per heavy atom. The van der Waals surface area contributed by atoms with Crippen LogP contribution in [0.5, 0.6) is 5.75 Å². The molecule has 152 valence electrons. The number of benzene rings is 1. The average Bonchev–Trinajstić information content (AvgIpc) is 2.70. The number of nitrogens with zero attached hydrogens (tertiary/aromatic N) is 2. The highest BCUT2D eigenvalue weighted by Gasteiger charge is 2.44. The van der Waals surface area contributed by atoms with Crippen molar-refractivity contribution in [1.82, 2.24) is 9.88 Å². The third-order valence-corrected chi connectivity index (χ3v) is 6.93. The lowest BCUT2D eigenvalue weighted by Crippen LogP contribution is -2.55. The monoisotopic (exact) mass is 404 g/mol. The van der Waals surface area contributed by atoms with E-state index >= 15 is 0 Å². The molecule has 6 nitrogen and oxygen atoms in total. The van der Waals surface area contributed by atoms with E-state index in [1.807, 2.05) is 24.3 Å². The molecule has 3 aliphatic rings. The van der Waals surface area contributed by atoms with Crippen LogP contribution in [0.1, 0.15) is 37.9 Å². The molecule has 2 aromatic rings. The Kier molecular flexibility index (Phi) is 5.33. The first-order valence-electron chi connectivity index (χ1n) is 9.94. The molecule has 0 N–H and O–H groups in total. The maximum atomic E-state index is 12.2. The molecule has 1 aromatic heterocycles. The van der Waals surface area contributed by atoms with Crippen molar-refractivity contribution in [3.05, 3.63) is 36.0 Å². The van der Waals surface area contributed by atoms with Crippen molar-refractivity contribution < 1.29 is 17.3 Å². The molecule has 1 aromatic carbocycles. The molecule has 5 atom stereocenters. The minimum Gasteiger partial charge on any atom is -0.497 e. The van der Waals surface area contributed by atoms with Crippen molar-refractivity contribution in [3.8, 4) is 5.75 Å². The number of hydrogen-bond acceptors (Lipinski definition) is 6. The summed E-state index contributed by atoms with van der Waals surface area (Å²) in [5.74, 6) is 2.04. The van der Waals surface area contributed by atoms with Gasteiger partial charge in [-0.2, -0.15) is 8.42 Å². The van der Waals surface area contributed by atoms with Gasteiger partial charge >= 0.3 is 0 Å². The quantitative estimate of drug-likeness (QED) is 0.688. The molecule has 3 fully saturated rings. The van der Waals surface area contributed by atoms with E-state index in [9.17, 15) is 8.42 Å². The van der Waals surface area contributed by atoms with Gasteiger partial charge in [-0.1, -0.05) is 13.3 Å². The Morgan fingerprint density at radius 2 is 2.14 bits per heavy atom. The summed E-state index contributed by atoms with van der Waals surface area (Å²) in [5.41, 5.74) is 1.67. The number of hydrogen-bond donors (Lipinski definition) is 0. The number of methoxy groups -OCH3 is 1. The third-order valence-electron chi connectivity index (χ3n) is 6.38. The van der Waals surface area contributed by atoms with Crippen LogP contribution in [-0.2, 0) is 14.3 Å². The van der Waals surface area contributed by atoms with Gasteiger partial charge < -0.3 is 4.74 Å². The van der Waals surface area contributed by atoms with E-state index in [1.165, 1.54) is 12.8 Å². The lowest BCUT2D eigenvalue weighted by Gasteiger charge is -2.51. The Morgan fingerprint density at radius 3 is 2.79 bits per heavy atom. The zero-order chi connectivity index (χ0) is 19.9. The van der Waals surface area contributed by atoms with Crippen LogP contribution in [0.25, 0.3) is 10.9 Å². The summed E-state index contributed by atoms with van der Waals surface area (Å²) in [7, 11) is -2.00. The molecule has 0 aliphatic carbocycles. The predicted molar refractivity (Wildman–Crippen MR) is 109 cm³/mol. The minimum absolute atomic E-state index is 0.0491. The largest absolute Gasteiger partial charge is 0.497 e. The zero-order valence-electron chi connectivity index (χ0n) is 16.7. The van der Waals surface area contributed by atoms with E-state index < -0.39 is 16.2 Å². The molecular weight excluding hydrogens is 376 g/mol. The van der Waals surface area contributed by atoms with E-state index in [1.54, 1.807) is 13.3 Å². The molecule has 5 rings (SSSR count). The Bertz CT molecular complexity index is 962. The van der Waals surface area contributed by atoms with E-state index in [4.69, 9.17) is 8.92 Å². The average molecular weight is 405 g/mol. The first-order chi connectivity index (χ1) is 13.4. The van der Waals surface area contributed by atoms with Crippen LogP contribution in [0, 0.1) is 11.8 Å². The summed E-state index contributed by atoms with van der Waals surface area (Å²) in [6.45, 7) is 4.26. The molecule has 0 radical (unpaired) electrons. The highest BCUT2D eigenvalue weighted by atomic mass is 32.2. The highest BCUT2D eigenvalue weighted by molar-refractivity contribution is 7.86. The molecule has 3 aliphatic heterocycles. The van der Waals surface area contributed by atoms with Crippen LogP contribution in [-0.4, -0.2) is 50.8 Å². The number of piperidine rings is 3. The van der Waals surface area contributed by atoms with Crippen LogP contribution in [0.15, 0.2) is 30.5 Å². The van der Waals surface area contributed by atoms with E-state index in [0.717, 1.165) is 48.0 Å². The van der Waals surface area contributed by atoms with E-state index in [-0.39, 0.29) is 6.04 Å². The van der Waals surface area contributed by atoms with Crippen molar-refractivity contribution in [3.63, 3.8) is 0 Å². The van der Waals surface area contributed by atoms with Gasteiger partial charge in [-0.15, -0.1) is 0 Å². The van der Waals surface area contributed by atoms with Gasteiger partial charge in [-0.3, -0.25) is 14.1 Å². The molecule has 0 spiro atoms. The number of fused-ring (bicyclic) bond motifs is 4. The first kappa shape index (κ1) is 19.6. The summed E-state index contributed by atoms with van der Waals surface area (Å²) < 4.78 is 35.4. The smallest absolute Gasteiger partial charge is 0.265 e. The second kappa shape index (κ2) is 7.61. The van der Waals surface area contributed by atoms with Gasteiger partial charge in [0.15, 0.2) is 0 Å². The Hall–Kier alpha value is -1.70. The molecule has 28 heavy (non-hydrogen) atoms. The number of pyridine rings is 1. The van der Waals surface area contributed by atoms with Crippen molar-refractivity contribution >= 4 is 21.0 Å². The summed E-state index contributed by atoms with van der Waals surface area (Å²) >= 11 is 0. The van der Waals surface area contributed by atoms with Crippen LogP contribution in [0.4, 0.5) is 0 Å². The summed E-state index contributed by atoms with van der Waals surface area (Å²) in [6.07, 6.45) is 5.63. The first-order valence-corrected chi connectivity index (χ1v) is 11.8. The third kappa shape index (κ3) is 3.75. The van der Waals surface area contributed by atoms with E-state index in [0.29, 0.717) is 11.8 Å². The topological polar surface area (TPSA) is 68.7 Å². The fourth-order valence-corrected chi connectivity index (χ4v) is 5.60. The van der Waals surface area contributed by atoms with Crippen molar-refractivity contribution in [1.29, 1.82) is 0 Å². The summed E-state index contributed by atoms with van der Waals surface area (Å²) in [4.78, 5) is 6.87. The fraction of sp³-hybridized carbons (Fsp3) is 0.571. The Balaban J connectivity index is 1.79. The molecule has 0 saturated carbocycles. The maximum absolute atomic E-state index is 12.2.